The van der Waals surface area contributed by atoms with Crippen molar-refractivity contribution in [3.63, 3.8) is 0 Å². The number of aromatic amines is 1. The third-order valence-electron chi connectivity index (χ3n) is 7.42. The Hall–Kier alpha value is -4.38. The van der Waals surface area contributed by atoms with E-state index in [1.165, 1.54) is 18.2 Å². The van der Waals surface area contributed by atoms with Crippen LogP contribution in [0.4, 0.5) is 11.6 Å². The van der Waals surface area contributed by atoms with Gasteiger partial charge in [-0.05, 0) is 74.4 Å². The summed E-state index contributed by atoms with van der Waals surface area (Å²) in [4.78, 5) is 33.8. The first-order valence-corrected chi connectivity index (χ1v) is 13.9. The van der Waals surface area contributed by atoms with Gasteiger partial charge in [-0.3, -0.25) is 19.6 Å². The molecular weight excluding hydrogens is 522 g/mol. The van der Waals surface area contributed by atoms with E-state index in [2.05, 4.69) is 25.1 Å². The van der Waals surface area contributed by atoms with Crippen molar-refractivity contribution in [3.05, 3.63) is 76.1 Å². The second-order valence-electron chi connectivity index (χ2n) is 10.6. The molecule has 1 aliphatic heterocycles. The zero-order valence-electron chi connectivity index (χ0n) is 24.0. The zero-order valence-corrected chi connectivity index (χ0v) is 24.0. The number of anilines is 2. The number of fused-ring (bicyclic) bond motifs is 3. The van der Waals surface area contributed by atoms with Crippen molar-refractivity contribution < 1.29 is 19.4 Å². The van der Waals surface area contributed by atoms with Crippen LogP contribution in [-0.4, -0.2) is 62.0 Å². The fourth-order valence-corrected chi connectivity index (χ4v) is 5.56. The fraction of sp³-hybridized carbons (Fsp3) is 0.400. The van der Waals surface area contributed by atoms with Gasteiger partial charge in [-0.2, -0.15) is 5.10 Å². The molecular formula is C30H37N7O4. The van der Waals surface area contributed by atoms with Crippen LogP contribution in [0.2, 0.25) is 0 Å². The molecule has 0 spiro atoms. The van der Waals surface area contributed by atoms with Gasteiger partial charge in [0.15, 0.2) is 5.82 Å². The maximum absolute atomic E-state index is 13.9. The lowest BCUT2D eigenvalue weighted by Gasteiger charge is -2.31. The Morgan fingerprint density at radius 1 is 1.24 bits per heavy atom. The highest BCUT2D eigenvalue weighted by atomic mass is 16.5. The Morgan fingerprint density at radius 3 is 2.78 bits per heavy atom. The molecule has 11 nitrogen and oxygen atoms in total. The van der Waals surface area contributed by atoms with Gasteiger partial charge in [0.1, 0.15) is 24.8 Å². The number of allylic oxidation sites excluding steroid dienone is 3. The van der Waals surface area contributed by atoms with Crippen molar-refractivity contribution >= 4 is 29.1 Å². The molecule has 0 aromatic carbocycles. The van der Waals surface area contributed by atoms with Crippen LogP contribution >= 0.6 is 0 Å². The average Bonchev–Trinajstić information content (AvgIpc) is 3.54. The minimum atomic E-state index is -0.433. The number of rotatable bonds is 9. The first kappa shape index (κ1) is 28.2. The molecule has 0 fully saturated rings. The molecule has 0 bridgehead atoms. The highest BCUT2D eigenvalue weighted by Crippen LogP contribution is 2.34. The Morgan fingerprint density at radius 2 is 2.05 bits per heavy atom. The number of esters is 1. The molecule has 3 aromatic heterocycles. The van der Waals surface area contributed by atoms with Crippen LogP contribution in [0.5, 0.6) is 0 Å². The van der Waals surface area contributed by atoms with Crippen molar-refractivity contribution in [3.8, 4) is 0 Å². The summed E-state index contributed by atoms with van der Waals surface area (Å²) in [6.45, 7) is 6.06. The van der Waals surface area contributed by atoms with Gasteiger partial charge in [0.25, 0.3) is 5.91 Å². The Kier molecular flexibility index (Phi) is 8.25. The minimum absolute atomic E-state index is 0.0613. The van der Waals surface area contributed by atoms with Crippen molar-refractivity contribution in [2.75, 3.05) is 30.5 Å². The molecule has 1 aliphatic carbocycles. The zero-order chi connectivity index (χ0) is 29.1. The number of H-pyrrole nitrogens is 1. The normalized spacial score (nSPS) is 15.4. The number of carbonyl (C=O) groups excluding carboxylic acids is 2. The molecule has 216 valence electrons. The molecule has 0 radical (unpaired) electrons. The molecule has 11 heteroatoms. The summed E-state index contributed by atoms with van der Waals surface area (Å²) in [5.74, 6) is 0.585. The second-order valence-corrected chi connectivity index (χ2v) is 10.6. The molecule has 3 N–H and O–H groups in total. The van der Waals surface area contributed by atoms with Gasteiger partial charge in [-0.1, -0.05) is 0 Å². The number of amides is 1. The van der Waals surface area contributed by atoms with E-state index in [9.17, 15) is 14.7 Å². The SMILES string of the molecule is CC(=O)OCc1c(C(/C=C(\C)Nc2cc(C)[nH]n2)=C/N(C)CO)ccnc1N1CCn2c(cc3c2CCCC3)C1=O. The van der Waals surface area contributed by atoms with Gasteiger partial charge in [-0.15, -0.1) is 0 Å². The standard InChI is InChI=1S/C30H37N7O4/c1-19(32-28-14-20(2)33-34-28)13-23(16-35(4)18-38)24-9-10-31-29(25(24)17-41-21(3)39)37-12-11-36-26-8-6-5-7-22(26)15-27(36)30(37)40/h9-10,13-16,38H,5-8,11-12,17-18H2,1-4H3,(H2,32,33,34)/b19-13+,23-16+. The second kappa shape index (κ2) is 12.0. The number of aliphatic hydroxyl groups excluding tert-OH is 1. The van der Waals surface area contributed by atoms with Crippen LogP contribution in [0.3, 0.4) is 0 Å². The van der Waals surface area contributed by atoms with E-state index in [0.29, 0.717) is 36.0 Å². The van der Waals surface area contributed by atoms with Crippen LogP contribution in [0.25, 0.3) is 5.57 Å². The van der Waals surface area contributed by atoms with Crippen molar-refractivity contribution in [2.45, 2.75) is 59.6 Å². The van der Waals surface area contributed by atoms with E-state index >= 15 is 0 Å². The summed E-state index contributed by atoms with van der Waals surface area (Å²) in [5, 5.41) is 20.2. The number of hydrogen-bond acceptors (Lipinski definition) is 8. The summed E-state index contributed by atoms with van der Waals surface area (Å²) < 4.78 is 7.66. The highest BCUT2D eigenvalue weighted by molar-refractivity contribution is 6.06. The third kappa shape index (κ3) is 6.04. The lowest BCUT2D eigenvalue weighted by molar-refractivity contribution is -0.142. The number of aliphatic hydroxyl groups is 1. The summed E-state index contributed by atoms with van der Waals surface area (Å²) >= 11 is 0. The number of aryl methyl sites for hydroxylation is 2. The molecule has 0 unspecified atom stereocenters. The number of hydrogen-bond donors (Lipinski definition) is 3. The summed E-state index contributed by atoms with van der Waals surface area (Å²) in [7, 11) is 1.76. The van der Waals surface area contributed by atoms with Gasteiger partial charge in [0, 0.05) is 68.2 Å². The van der Waals surface area contributed by atoms with Gasteiger partial charge in [0.05, 0.1) is 0 Å². The average molecular weight is 560 g/mol. The monoisotopic (exact) mass is 559 g/mol. The number of pyridine rings is 1. The molecule has 5 rings (SSSR count). The van der Waals surface area contributed by atoms with E-state index in [0.717, 1.165) is 48.2 Å². The fourth-order valence-electron chi connectivity index (χ4n) is 5.56. The topological polar surface area (TPSA) is 129 Å². The first-order valence-electron chi connectivity index (χ1n) is 13.9. The van der Waals surface area contributed by atoms with Crippen LogP contribution in [0.15, 0.2) is 42.4 Å². The smallest absolute Gasteiger partial charge is 0.302 e. The van der Waals surface area contributed by atoms with Crippen LogP contribution in [0, 0.1) is 6.92 Å². The summed E-state index contributed by atoms with van der Waals surface area (Å²) in [5.41, 5.74) is 7.01. The van der Waals surface area contributed by atoms with Crippen molar-refractivity contribution in [2.24, 2.45) is 0 Å². The first-order chi connectivity index (χ1) is 19.7. The number of aromatic nitrogens is 4. The van der Waals surface area contributed by atoms with Gasteiger partial charge in [0.2, 0.25) is 0 Å². The Bertz CT molecular complexity index is 1520. The molecule has 2 aliphatic rings. The molecule has 0 saturated carbocycles. The number of nitrogens with one attached hydrogen (secondary N) is 2. The van der Waals surface area contributed by atoms with E-state index < -0.39 is 5.97 Å². The predicted octanol–water partition coefficient (Wildman–Crippen LogP) is 3.76. The number of ether oxygens (including phenoxy) is 1. The largest absolute Gasteiger partial charge is 0.461 e. The lowest BCUT2D eigenvalue weighted by atomic mass is 9.98. The van der Waals surface area contributed by atoms with Crippen molar-refractivity contribution in [1.29, 1.82) is 0 Å². The van der Waals surface area contributed by atoms with E-state index in [4.69, 9.17) is 4.74 Å². The summed E-state index contributed by atoms with van der Waals surface area (Å²) in [6.07, 6.45) is 9.66. The maximum atomic E-state index is 13.9. The summed E-state index contributed by atoms with van der Waals surface area (Å²) in [6, 6.07) is 5.76. The van der Waals surface area contributed by atoms with Gasteiger partial charge >= 0.3 is 5.97 Å². The van der Waals surface area contributed by atoms with Gasteiger partial charge in [-0.25, -0.2) is 4.98 Å². The lowest BCUT2D eigenvalue weighted by Crippen LogP contribution is -2.41. The van der Waals surface area contributed by atoms with Crippen LogP contribution in [-0.2, 0) is 35.5 Å². The molecule has 3 aromatic rings. The minimum Gasteiger partial charge on any atom is -0.461 e. The molecule has 0 atom stereocenters. The molecule has 41 heavy (non-hydrogen) atoms. The van der Waals surface area contributed by atoms with Crippen LogP contribution < -0.4 is 10.2 Å². The van der Waals surface area contributed by atoms with E-state index in [1.54, 1.807) is 29.2 Å². The van der Waals surface area contributed by atoms with Gasteiger partial charge < -0.3 is 24.6 Å². The quantitative estimate of drug-likeness (QED) is 0.205. The Labute approximate surface area is 239 Å². The molecule has 1 amide bonds. The molecule has 0 saturated heterocycles. The Balaban J connectivity index is 1.57. The maximum Gasteiger partial charge on any atom is 0.302 e. The highest BCUT2D eigenvalue weighted by Gasteiger charge is 2.32. The predicted molar refractivity (Wildman–Crippen MR) is 156 cm³/mol. The van der Waals surface area contributed by atoms with E-state index in [-0.39, 0.29) is 19.2 Å². The van der Waals surface area contributed by atoms with Crippen molar-refractivity contribution in [1.82, 2.24) is 24.6 Å². The third-order valence-corrected chi connectivity index (χ3v) is 7.42. The molecule has 4 heterocycles. The van der Waals surface area contributed by atoms with Crippen LogP contribution in [0.1, 0.15) is 65.3 Å². The number of carbonyl (C=O) groups is 2. The number of nitrogens with zero attached hydrogens (tertiary/aromatic N) is 5. The van der Waals surface area contributed by atoms with E-state index in [1.807, 2.05) is 38.1 Å².